The van der Waals surface area contributed by atoms with E-state index >= 15 is 0 Å². The van der Waals surface area contributed by atoms with Crippen molar-refractivity contribution in [2.75, 3.05) is 5.32 Å². The minimum absolute atomic E-state index is 0.0411. The fourth-order valence-electron chi connectivity index (χ4n) is 1.89. The first-order valence-corrected chi connectivity index (χ1v) is 8.52. The third-order valence-electron chi connectivity index (χ3n) is 2.92. The number of hydrogen-bond donors (Lipinski definition) is 1. The summed E-state index contributed by atoms with van der Waals surface area (Å²) in [7, 11) is 0. The molecule has 0 aliphatic heterocycles. The summed E-state index contributed by atoms with van der Waals surface area (Å²) in [5.74, 6) is -0.0531. The number of nitrogens with zero attached hydrogens (tertiary/aromatic N) is 1. The monoisotopic (exact) mass is 362 g/mol. The molecular weight excluding hydrogens is 351 g/mol. The molecule has 0 unspecified atom stereocenters. The van der Waals surface area contributed by atoms with Crippen LogP contribution in [-0.4, -0.2) is 25.3 Å². The second kappa shape index (κ2) is 6.27. The van der Waals surface area contributed by atoms with Gasteiger partial charge in [-0.05, 0) is 0 Å². The van der Waals surface area contributed by atoms with Gasteiger partial charge in [-0.25, -0.2) is 0 Å². The van der Waals surface area contributed by atoms with Crippen LogP contribution >= 0.6 is 11.6 Å². The first-order chi connectivity index (χ1) is 10.2. The van der Waals surface area contributed by atoms with Gasteiger partial charge in [0, 0.05) is 0 Å². The first kappa shape index (κ1) is 14.1. The Morgan fingerprint density at radius 2 is 1.76 bits per heavy atom. The Kier molecular flexibility index (Phi) is 4.20. The van der Waals surface area contributed by atoms with Gasteiger partial charge in [0.15, 0.2) is 0 Å². The SMILES string of the molecule is O=C(c1ccccc1)c1nc[se]c1Nc1ccc(Cl)cc1. The summed E-state index contributed by atoms with van der Waals surface area (Å²) in [6.07, 6.45) is 0. The number of ketones is 1. The number of rotatable bonds is 4. The molecule has 0 saturated carbocycles. The molecule has 21 heavy (non-hydrogen) atoms. The van der Waals surface area contributed by atoms with Crippen LogP contribution in [0, 0.1) is 0 Å². The minimum atomic E-state index is -0.0531. The van der Waals surface area contributed by atoms with Crippen molar-refractivity contribution in [2.24, 2.45) is 0 Å². The molecule has 0 spiro atoms. The molecular formula is C16H11ClN2OSe. The molecule has 3 nitrogen and oxygen atoms in total. The van der Waals surface area contributed by atoms with Gasteiger partial charge in [0.25, 0.3) is 0 Å². The van der Waals surface area contributed by atoms with E-state index in [1.807, 2.05) is 42.5 Å². The third kappa shape index (κ3) is 3.24. The Labute approximate surface area is 133 Å². The second-order valence-electron chi connectivity index (χ2n) is 4.36. The van der Waals surface area contributed by atoms with Crippen LogP contribution in [-0.2, 0) is 0 Å². The number of benzene rings is 2. The van der Waals surface area contributed by atoms with Gasteiger partial charge in [-0.1, -0.05) is 0 Å². The van der Waals surface area contributed by atoms with E-state index in [-0.39, 0.29) is 20.3 Å². The number of hydrogen-bond acceptors (Lipinski definition) is 3. The topological polar surface area (TPSA) is 42.0 Å². The van der Waals surface area contributed by atoms with Gasteiger partial charge in [-0.3, -0.25) is 0 Å². The van der Waals surface area contributed by atoms with E-state index in [4.69, 9.17) is 11.6 Å². The van der Waals surface area contributed by atoms with Crippen LogP contribution in [0.25, 0.3) is 0 Å². The van der Waals surface area contributed by atoms with Crippen molar-refractivity contribution >= 4 is 42.1 Å². The number of carbonyl (C=O) groups excluding carboxylic acids is 1. The Morgan fingerprint density at radius 1 is 1.05 bits per heavy atom. The van der Waals surface area contributed by atoms with Crippen molar-refractivity contribution in [2.45, 2.75) is 0 Å². The molecule has 0 atom stereocenters. The van der Waals surface area contributed by atoms with E-state index < -0.39 is 0 Å². The van der Waals surface area contributed by atoms with Crippen LogP contribution in [0.2, 0.25) is 5.02 Å². The van der Waals surface area contributed by atoms with Crippen LogP contribution in [0.5, 0.6) is 0 Å². The number of carbonyl (C=O) groups is 1. The van der Waals surface area contributed by atoms with E-state index in [9.17, 15) is 4.79 Å². The Hall–Kier alpha value is -1.87. The molecule has 0 aliphatic rings. The summed E-state index contributed by atoms with van der Waals surface area (Å²) in [6, 6.07) is 16.6. The third-order valence-corrected chi connectivity index (χ3v) is 4.73. The van der Waals surface area contributed by atoms with Gasteiger partial charge in [-0.2, -0.15) is 0 Å². The molecule has 0 saturated heterocycles. The van der Waals surface area contributed by atoms with E-state index in [2.05, 4.69) is 10.3 Å². The molecule has 0 fully saturated rings. The standard InChI is InChI=1S/C16H11ClN2OSe/c17-12-6-8-13(9-7-12)19-16-14(18-10-21-16)15(20)11-4-2-1-3-5-11/h1-10,19H. The van der Waals surface area contributed by atoms with Crippen molar-refractivity contribution in [1.29, 1.82) is 0 Å². The summed E-state index contributed by atoms with van der Waals surface area (Å²) in [4.78, 5) is 16.7. The molecule has 1 N–H and O–H groups in total. The Bertz CT molecular complexity index is 753. The molecule has 3 rings (SSSR count). The molecule has 1 aromatic heterocycles. The molecule has 5 heteroatoms. The summed E-state index contributed by atoms with van der Waals surface area (Å²) >= 11 is 5.91. The van der Waals surface area contributed by atoms with Gasteiger partial charge in [0.1, 0.15) is 0 Å². The fraction of sp³-hybridized carbons (Fsp3) is 0. The molecule has 0 bridgehead atoms. The molecule has 0 aliphatic carbocycles. The van der Waals surface area contributed by atoms with E-state index in [0.717, 1.165) is 10.2 Å². The zero-order valence-corrected chi connectivity index (χ0v) is 13.4. The summed E-state index contributed by atoms with van der Waals surface area (Å²) < 4.78 is 0.874. The Balaban J connectivity index is 1.87. The molecule has 104 valence electrons. The van der Waals surface area contributed by atoms with Gasteiger partial charge in [0.2, 0.25) is 0 Å². The number of nitrogens with one attached hydrogen (secondary N) is 1. The van der Waals surface area contributed by atoms with Gasteiger partial charge >= 0.3 is 133 Å². The maximum atomic E-state index is 12.5. The zero-order valence-electron chi connectivity index (χ0n) is 10.9. The number of aromatic nitrogens is 1. The summed E-state index contributed by atoms with van der Waals surface area (Å²) in [6.45, 7) is 0. The van der Waals surface area contributed by atoms with Crippen molar-refractivity contribution in [3.05, 3.63) is 75.9 Å². The summed E-state index contributed by atoms with van der Waals surface area (Å²) in [5, 5.41) is 5.76. The summed E-state index contributed by atoms with van der Waals surface area (Å²) in [5.41, 5.74) is 2.05. The van der Waals surface area contributed by atoms with E-state index in [0.29, 0.717) is 16.3 Å². The first-order valence-electron chi connectivity index (χ1n) is 6.30. The normalized spacial score (nSPS) is 10.3. The zero-order chi connectivity index (χ0) is 14.7. The van der Waals surface area contributed by atoms with Crippen molar-refractivity contribution in [3.8, 4) is 0 Å². The van der Waals surface area contributed by atoms with Crippen LogP contribution in [0.1, 0.15) is 16.1 Å². The van der Waals surface area contributed by atoms with Gasteiger partial charge < -0.3 is 0 Å². The van der Waals surface area contributed by atoms with Crippen LogP contribution in [0.15, 0.2) is 59.7 Å². The van der Waals surface area contributed by atoms with Crippen molar-refractivity contribution in [1.82, 2.24) is 4.98 Å². The van der Waals surface area contributed by atoms with Gasteiger partial charge in [0.05, 0.1) is 0 Å². The van der Waals surface area contributed by atoms with Crippen LogP contribution in [0.4, 0.5) is 10.2 Å². The van der Waals surface area contributed by atoms with Crippen molar-refractivity contribution in [3.63, 3.8) is 0 Å². The van der Waals surface area contributed by atoms with E-state index in [1.165, 1.54) is 0 Å². The molecule has 0 radical (unpaired) electrons. The average Bonchev–Trinajstić information content (AvgIpc) is 2.98. The predicted molar refractivity (Wildman–Crippen MR) is 85.8 cm³/mol. The predicted octanol–water partition coefficient (Wildman–Crippen LogP) is 3.77. The number of halogens is 1. The quantitative estimate of drug-likeness (QED) is 0.568. The van der Waals surface area contributed by atoms with E-state index in [1.54, 1.807) is 17.2 Å². The van der Waals surface area contributed by atoms with Crippen LogP contribution < -0.4 is 5.32 Å². The molecule has 2 aromatic carbocycles. The maximum absolute atomic E-state index is 12.5. The molecule has 3 aromatic rings. The van der Waals surface area contributed by atoms with Crippen molar-refractivity contribution < 1.29 is 4.79 Å². The Morgan fingerprint density at radius 3 is 2.48 bits per heavy atom. The number of anilines is 2. The van der Waals surface area contributed by atoms with Gasteiger partial charge in [-0.15, -0.1) is 0 Å². The molecule has 0 amide bonds. The van der Waals surface area contributed by atoms with Crippen LogP contribution in [0.3, 0.4) is 0 Å². The second-order valence-corrected chi connectivity index (χ2v) is 6.59. The average molecular weight is 362 g/mol. The molecule has 1 heterocycles. The fourth-order valence-corrected chi connectivity index (χ4v) is 3.48.